The van der Waals surface area contributed by atoms with Crippen LogP contribution in [-0.4, -0.2) is 50.7 Å². The van der Waals surface area contributed by atoms with Gasteiger partial charge in [0, 0.05) is 13.1 Å². The number of aliphatic hydroxyl groups is 1. The Morgan fingerprint density at radius 3 is 2.52 bits per heavy atom. The van der Waals surface area contributed by atoms with Gasteiger partial charge in [0.2, 0.25) is 10.0 Å². The number of rotatable bonds is 10. The molecule has 1 rings (SSSR count). The first-order chi connectivity index (χ1) is 10.1. The van der Waals surface area contributed by atoms with Gasteiger partial charge in [-0.1, -0.05) is 6.08 Å². The van der Waals surface area contributed by atoms with Crippen molar-refractivity contribution >= 4 is 10.0 Å². The molecule has 1 aromatic carbocycles. The molecule has 1 aromatic rings. The van der Waals surface area contributed by atoms with Crippen LogP contribution < -0.4 is 10.5 Å². The van der Waals surface area contributed by atoms with E-state index < -0.39 is 10.0 Å². The third-order valence-corrected chi connectivity index (χ3v) is 4.64. The first-order valence-corrected chi connectivity index (χ1v) is 8.15. The number of ether oxygens (including phenoxy) is 1. The molecule has 21 heavy (non-hydrogen) atoms. The average Bonchev–Trinajstić information content (AvgIpc) is 2.48. The van der Waals surface area contributed by atoms with Crippen LogP contribution in [0.1, 0.15) is 6.42 Å². The Morgan fingerprint density at radius 1 is 1.33 bits per heavy atom. The number of nitrogens with two attached hydrogens (primary N) is 1. The van der Waals surface area contributed by atoms with Crippen LogP contribution >= 0.6 is 0 Å². The molecular weight excluding hydrogens is 292 g/mol. The van der Waals surface area contributed by atoms with E-state index in [1.54, 1.807) is 12.1 Å². The molecule has 0 fully saturated rings. The minimum atomic E-state index is -3.64. The van der Waals surface area contributed by atoms with Gasteiger partial charge >= 0.3 is 0 Å². The van der Waals surface area contributed by atoms with E-state index in [1.807, 2.05) is 0 Å². The monoisotopic (exact) mass is 314 g/mol. The minimum absolute atomic E-state index is 0.0309. The first-order valence-electron chi connectivity index (χ1n) is 6.71. The van der Waals surface area contributed by atoms with Crippen molar-refractivity contribution in [2.24, 2.45) is 5.73 Å². The lowest BCUT2D eigenvalue weighted by atomic mass is 10.3. The summed E-state index contributed by atoms with van der Waals surface area (Å²) in [5.41, 5.74) is 5.37. The molecule has 0 saturated carbocycles. The molecule has 6 nitrogen and oxygen atoms in total. The van der Waals surface area contributed by atoms with Crippen LogP contribution in [0, 0.1) is 0 Å². The van der Waals surface area contributed by atoms with Crippen LogP contribution in [0.4, 0.5) is 0 Å². The van der Waals surface area contributed by atoms with Gasteiger partial charge in [-0.2, -0.15) is 4.31 Å². The highest BCUT2D eigenvalue weighted by atomic mass is 32.2. The maximum Gasteiger partial charge on any atom is 0.243 e. The summed E-state index contributed by atoms with van der Waals surface area (Å²) in [4.78, 5) is 0.156. The maximum atomic E-state index is 12.4. The zero-order chi connectivity index (χ0) is 15.7. The van der Waals surface area contributed by atoms with Crippen molar-refractivity contribution in [2.45, 2.75) is 11.3 Å². The largest absolute Gasteiger partial charge is 0.494 e. The molecule has 0 unspecified atom stereocenters. The SMILES string of the molecule is C=CCN(CCO)S(=O)(=O)c1ccc(OCCCN)cc1. The van der Waals surface area contributed by atoms with Crippen molar-refractivity contribution in [3.63, 3.8) is 0 Å². The molecule has 0 aromatic heterocycles. The van der Waals surface area contributed by atoms with Crippen LogP contribution in [0.2, 0.25) is 0 Å². The van der Waals surface area contributed by atoms with E-state index in [4.69, 9.17) is 15.6 Å². The summed E-state index contributed by atoms with van der Waals surface area (Å²) in [7, 11) is -3.64. The number of aliphatic hydroxyl groups excluding tert-OH is 1. The summed E-state index contributed by atoms with van der Waals surface area (Å²) in [6.45, 7) is 4.51. The summed E-state index contributed by atoms with van der Waals surface area (Å²) in [6, 6.07) is 6.18. The van der Waals surface area contributed by atoms with Gasteiger partial charge in [0.25, 0.3) is 0 Å². The Balaban J connectivity index is 2.85. The van der Waals surface area contributed by atoms with Crippen molar-refractivity contribution in [1.82, 2.24) is 4.31 Å². The second kappa shape index (κ2) is 8.78. The van der Waals surface area contributed by atoms with E-state index >= 15 is 0 Å². The second-order valence-corrected chi connectivity index (χ2v) is 6.28. The molecule has 0 aliphatic rings. The number of benzene rings is 1. The summed E-state index contributed by atoms with van der Waals surface area (Å²) in [5, 5.41) is 8.97. The van der Waals surface area contributed by atoms with Crippen molar-refractivity contribution < 1.29 is 18.3 Å². The molecule has 118 valence electrons. The summed E-state index contributed by atoms with van der Waals surface area (Å²) >= 11 is 0. The second-order valence-electron chi connectivity index (χ2n) is 4.34. The van der Waals surface area contributed by atoms with Gasteiger partial charge in [0.15, 0.2) is 0 Å². The van der Waals surface area contributed by atoms with Gasteiger partial charge in [-0.3, -0.25) is 0 Å². The Hall–Kier alpha value is -1.41. The molecule has 0 atom stereocenters. The van der Waals surface area contributed by atoms with Crippen molar-refractivity contribution in [1.29, 1.82) is 0 Å². The van der Waals surface area contributed by atoms with Crippen molar-refractivity contribution in [3.8, 4) is 5.75 Å². The third-order valence-electron chi connectivity index (χ3n) is 2.76. The highest BCUT2D eigenvalue weighted by molar-refractivity contribution is 7.89. The van der Waals surface area contributed by atoms with E-state index in [0.717, 1.165) is 6.42 Å². The molecule has 0 radical (unpaired) electrons. The van der Waals surface area contributed by atoms with Gasteiger partial charge in [0.1, 0.15) is 5.75 Å². The number of nitrogens with zero attached hydrogens (tertiary/aromatic N) is 1. The Labute approximate surface area is 125 Å². The maximum absolute atomic E-state index is 12.4. The topological polar surface area (TPSA) is 92.9 Å². The van der Waals surface area contributed by atoms with Gasteiger partial charge in [-0.15, -0.1) is 6.58 Å². The van der Waals surface area contributed by atoms with Gasteiger partial charge < -0.3 is 15.6 Å². The predicted molar refractivity (Wildman–Crippen MR) is 81.7 cm³/mol. The molecule has 7 heteroatoms. The standard InChI is InChI=1S/C14H22N2O4S/c1-2-9-16(10-11-17)21(18,19)14-6-4-13(5-7-14)20-12-3-8-15/h2,4-7,17H,1,3,8-12,15H2. The minimum Gasteiger partial charge on any atom is -0.494 e. The van der Waals surface area contributed by atoms with E-state index in [1.165, 1.54) is 22.5 Å². The fourth-order valence-electron chi connectivity index (χ4n) is 1.70. The molecule has 0 aliphatic heterocycles. The zero-order valence-electron chi connectivity index (χ0n) is 11.9. The van der Waals surface area contributed by atoms with Crippen LogP contribution in [0.25, 0.3) is 0 Å². The van der Waals surface area contributed by atoms with E-state index in [2.05, 4.69) is 6.58 Å². The van der Waals surface area contributed by atoms with Gasteiger partial charge in [-0.05, 0) is 37.2 Å². The van der Waals surface area contributed by atoms with E-state index in [0.29, 0.717) is 18.9 Å². The summed E-state index contributed by atoms with van der Waals surface area (Å²) < 4.78 is 31.4. The van der Waals surface area contributed by atoms with Crippen molar-refractivity contribution in [3.05, 3.63) is 36.9 Å². The molecule has 0 heterocycles. The van der Waals surface area contributed by atoms with Crippen LogP contribution in [0.15, 0.2) is 41.8 Å². The average molecular weight is 314 g/mol. The highest BCUT2D eigenvalue weighted by Gasteiger charge is 2.22. The highest BCUT2D eigenvalue weighted by Crippen LogP contribution is 2.19. The quantitative estimate of drug-likeness (QED) is 0.487. The van der Waals surface area contributed by atoms with E-state index in [9.17, 15) is 8.42 Å². The number of hydrogen-bond donors (Lipinski definition) is 2. The fourth-order valence-corrected chi connectivity index (χ4v) is 3.10. The Bertz CT molecular complexity index is 528. The third kappa shape index (κ3) is 5.13. The van der Waals surface area contributed by atoms with Crippen LogP contribution in [0.5, 0.6) is 5.75 Å². The number of sulfonamides is 1. The molecule has 0 bridgehead atoms. The summed E-state index contributed by atoms with van der Waals surface area (Å²) in [5.74, 6) is 0.597. The Morgan fingerprint density at radius 2 is 2.00 bits per heavy atom. The molecule has 3 N–H and O–H groups in total. The first kappa shape index (κ1) is 17.6. The Kier molecular flexibility index (Phi) is 7.38. The van der Waals surface area contributed by atoms with Crippen LogP contribution in [-0.2, 0) is 10.0 Å². The van der Waals surface area contributed by atoms with E-state index in [-0.39, 0.29) is 24.6 Å². The number of hydrogen-bond acceptors (Lipinski definition) is 5. The molecule has 0 saturated heterocycles. The lowest BCUT2D eigenvalue weighted by Crippen LogP contribution is -2.33. The molecular formula is C14H22N2O4S. The lowest BCUT2D eigenvalue weighted by Gasteiger charge is -2.19. The predicted octanol–water partition coefficient (Wildman–Crippen LogP) is 0.583. The normalized spacial score (nSPS) is 11.6. The van der Waals surface area contributed by atoms with Gasteiger partial charge in [0.05, 0.1) is 18.1 Å². The molecule has 0 spiro atoms. The zero-order valence-corrected chi connectivity index (χ0v) is 12.8. The van der Waals surface area contributed by atoms with Crippen LogP contribution in [0.3, 0.4) is 0 Å². The molecule has 0 amide bonds. The smallest absolute Gasteiger partial charge is 0.243 e. The lowest BCUT2D eigenvalue weighted by molar-refractivity contribution is 0.260. The van der Waals surface area contributed by atoms with Gasteiger partial charge in [-0.25, -0.2) is 8.42 Å². The fraction of sp³-hybridized carbons (Fsp3) is 0.429. The summed E-state index contributed by atoms with van der Waals surface area (Å²) in [6.07, 6.45) is 2.22. The van der Waals surface area contributed by atoms with Crippen molar-refractivity contribution in [2.75, 3.05) is 32.8 Å². The molecule has 0 aliphatic carbocycles.